The number of piperazine rings is 1. The average molecular weight is 613 g/mol. The van der Waals surface area contributed by atoms with E-state index in [0.29, 0.717) is 30.0 Å². The first-order valence-electron chi connectivity index (χ1n) is 14.4. The van der Waals surface area contributed by atoms with Crippen LogP contribution in [0.4, 0.5) is 13.2 Å². The van der Waals surface area contributed by atoms with Gasteiger partial charge < -0.3 is 14.5 Å². The van der Waals surface area contributed by atoms with Crippen LogP contribution in [0, 0.1) is 6.92 Å². The van der Waals surface area contributed by atoms with Crippen LogP contribution in [0.2, 0.25) is 0 Å². The van der Waals surface area contributed by atoms with Gasteiger partial charge in [-0.1, -0.05) is 24.8 Å². The number of likely N-dealkylation sites (tertiary alicyclic amines) is 1. The fourth-order valence-corrected chi connectivity index (χ4v) is 6.31. The molecular weight excluding hydrogens is 577 g/mol. The molecule has 2 saturated heterocycles. The first-order chi connectivity index (χ1) is 20.6. The zero-order valence-electron chi connectivity index (χ0n) is 24.2. The van der Waals surface area contributed by atoms with Crippen LogP contribution >= 0.6 is 11.3 Å². The van der Waals surface area contributed by atoms with Gasteiger partial charge in [0.15, 0.2) is 0 Å². The molecule has 1 aromatic heterocycles. The molecule has 2 aliphatic heterocycles. The highest BCUT2D eigenvalue weighted by molar-refractivity contribution is 7.18. The number of aryl methyl sites for hydroxylation is 1. The zero-order chi connectivity index (χ0) is 30.6. The van der Waals surface area contributed by atoms with Crippen molar-refractivity contribution in [2.45, 2.75) is 39.0 Å². The average Bonchev–Trinajstić information content (AvgIpc) is 3.42. The van der Waals surface area contributed by atoms with Gasteiger partial charge in [-0.3, -0.25) is 14.5 Å². The molecule has 2 aliphatic rings. The molecule has 2 amide bonds. The number of nitrogens with zero attached hydrogens (tertiary/aromatic N) is 4. The molecular formula is C32H35F3N4O3S. The Morgan fingerprint density at radius 2 is 1.67 bits per heavy atom. The minimum Gasteiger partial charge on any atom is -0.486 e. The minimum absolute atomic E-state index is 0.116. The van der Waals surface area contributed by atoms with Crippen molar-refractivity contribution in [1.82, 2.24) is 19.7 Å². The van der Waals surface area contributed by atoms with Crippen LogP contribution in [-0.4, -0.2) is 83.5 Å². The Kier molecular flexibility index (Phi) is 9.51. The third-order valence-corrected chi connectivity index (χ3v) is 8.74. The molecule has 3 aromatic rings. The summed E-state index contributed by atoms with van der Waals surface area (Å²) in [6.45, 7) is 6.96. The van der Waals surface area contributed by atoms with Gasteiger partial charge in [0.05, 0.1) is 16.8 Å². The number of piperidine rings is 1. The van der Waals surface area contributed by atoms with Gasteiger partial charge in [-0.2, -0.15) is 13.2 Å². The van der Waals surface area contributed by atoms with Crippen LogP contribution in [0.3, 0.4) is 0 Å². The lowest BCUT2D eigenvalue weighted by molar-refractivity contribution is -0.151. The summed E-state index contributed by atoms with van der Waals surface area (Å²) in [4.78, 5) is 36.4. The number of halogens is 3. The lowest BCUT2D eigenvalue weighted by Gasteiger charge is -2.35. The van der Waals surface area contributed by atoms with Gasteiger partial charge in [0.25, 0.3) is 11.8 Å². The summed E-state index contributed by atoms with van der Waals surface area (Å²) >= 11 is 1.56. The third-order valence-electron chi connectivity index (χ3n) is 7.73. The second-order valence-corrected chi connectivity index (χ2v) is 12.1. The van der Waals surface area contributed by atoms with Crippen LogP contribution in [0.5, 0.6) is 5.75 Å². The lowest BCUT2D eigenvalue weighted by atomic mass is 9.96. The number of hydrogen-bond acceptors (Lipinski definition) is 6. The SMILES string of the molecule is C=C(/C=C(/C(=O)N1CCCCC1)c1cc(OCc2nc3ccccc3s2)ccc1C)C(=O)N1CCN(CC(F)(F)F)CC1. The largest absolute Gasteiger partial charge is 0.486 e. The summed E-state index contributed by atoms with van der Waals surface area (Å²) in [5, 5.41) is 0.831. The number of ether oxygens (including phenoxy) is 1. The van der Waals surface area contributed by atoms with E-state index in [0.717, 1.165) is 40.1 Å². The number of benzene rings is 2. The number of aromatic nitrogens is 1. The standard InChI is InChI=1S/C32H35F3N4O3S/c1-22-10-11-24(42-20-29-36-27-8-4-5-9-28(27)43-29)19-25(22)26(31(41)38-12-6-3-7-13-38)18-23(2)30(40)39-16-14-37(15-17-39)21-32(33,34)35/h4-5,8-11,18-19H,2-3,6-7,12-17,20-21H2,1H3/b26-18+. The summed E-state index contributed by atoms with van der Waals surface area (Å²) in [5.74, 6) is -0.0125. The molecule has 0 bridgehead atoms. The highest BCUT2D eigenvalue weighted by Gasteiger charge is 2.33. The van der Waals surface area contributed by atoms with Crippen molar-refractivity contribution in [3.05, 3.63) is 76.8 Å². The Bertz CT molecular complexity index is 1490. The number of thiazole rings is 1. The van der Waals surface area contributed by atoms with E-state index in [9.17, 15) is 22.8 Å². The normalized spacial score (nSPS) is 16.9. The fraction of sp³-hybridized carbons (Fsp3) is 0.406. The second-order valence-electron chi connectivity index (χ2n) is 11.0. The molecule has 0 spiro atoms. The van der Waals surface area contributed by atoms with Crippen molar-refractivity contribution in [3.8, 4) is 5.75 Å². The summed E-state index contributed by atoms with van der Waals surface area (Å²) in [7, 11) is 0. The molecule has 0 aliphatic carbocycles. The van der Waals surface area contributed by atoms with Crippen LogP contribution in [0.25, 0.3) is 15.8 Å². The van der Waals surface area contributed by atoms with Gasteiger partial charge in [0, 0.05) is 50.4 Å². The van der Waals surface area contributed by atoms with Gasteiger partial charge in [-0.05, 0) is 67.7 Å². The van der Waals surface area contributed by atoms with E-state index < -0.39 is 18.6 Å². The van der Waals surface area contributed by atoms with Crippen molar-refractivity contribution >= 4 is 38.9 Å². The molecule has 0 atom stereocenters. The van der Waals surface area contributed by atoms with Crippen molar-refractivity contribution < 1.29 is 27.5 Å². The van der Waals surface area contributed by atoms with Gasteiger partial charge in [-0.25, -0.2) is 4.98 Å². The topological polar surface area (TPSA) is 66.0 Å². The molecule has 0 radical (unpaired) electrons. The van der Waals surface area contributed by atoms with E-state index in [1.807, 2.05) is 49.4 Å². The Balaban J connectivity index is 1.36. The van der Waals surface area contributed by atoms with E-state index in [4.69, 9.17) is 4.74 Å². The highest BCUT2D eigenvalue weighted by Crippen LogP contribution is 2.30. The highest BCUT2D eigenvalue weighted by atomic mass is 32.1. The Morgan fingerprint density at radius 3 is 2.37 bits per heavy atom. The van der Waals surface area contributed by atoms with E-state index in [1.165, 1.54) is 15.9 Å². The fourth-order valence-electron chi connectivity index (χ4n) is 5.43. The molecule has 5 rings (SSSR count). The summed E-state index contributed by atoms with van der Waals surface area (Å²) in [5.41, 5.74) is 2.85. The van der Waals surface area contributed by atoms with E-state index in [1.54, 1.807) is 16.2 Å². The maximum absolute atomic E-state index is 13.9. The number of para-hydroxylation sites is 1. The molecule has 11 heteroatoms. The predicted octanol–water partition coefficient (Wildman–Crippen LogP) is 5.84. The number of carbonyl (C=O) groups excluding carboxylic acids is 2. The van der Waals surface area contributed by atoms with Gasteiger partial charge >= 0.3 is 6.18 Å². The number of rotatable bonds is 8. The van der Waals surface area contributed by atoms with Crippen molar-refractivity contribution in [2.75, 3.05) is 45.8 Å². The van der Waals surface area contributed by atoms with Crippen molar-refractivity contribution in [1.29, 1.82) is 0 Å². The zero-order valence-corrected chi connectivity index (χ0v) is 25.0. The van der Waals surface area contributed by atoms with Crippen LogP contribution < -0.4 is 4.74 Å². The monoisotopic (exact) mass is 612 g/mol. The molecule has 2 fully saturated rings. The van der Waals surface area contributed by atoms with E-state index in [-0.39, 0.29) is 44.3 Å². The third kappa shape index (κ3) is 7.83. The smallest absolute Gasteiger partial charge is 0.401 e. The quantitative estimate of drug-likeness (QED) is 0.236. The number of hydrogen-bond donors (Lipinski definition) is 0. The van der Waals surface area contributed by atoms with E-state index >= 15 is 0 Å². The number of fused-ring (bicyclic) bond motifs is 1. The molecule has 0 N–H and O–H groups in total. The molecule has 228 valence electrons. The molecule has 0 saturated carbocycles. The number of carbonyl (C=O) groups is 2. The van der Waals surface area contributed by atoms with Crippen molar-refractivity contribution in [2.24, 2.45) is 0 Å². The summed E-state index contributed by atoms with van der Waals surface area (Å²) < 4.78 is 45.6. The Morgan fingerprint density at radius 1 is 0.977 bits per heavy atom. The lowest BCUT2D eigenvalue weighted by Crippen LogP contribution is -2.51. The molecule has 43 heavy (non-hydrogen) atoms. The first-order valence-corrected chi connectivity index (χ1v) is 15.3. The Hall–Kier alpha value is -3.70. The van der Waals surface area contributed by atoms with Crippen LogP contribution in [-0.2, 0) is 16.2 Å². The van der Waals surface area contributed by atoms with Crippen molar-refractivity contribution in [3.63, 3.8) is 0 Å². The number of alkyl halides is 3. The first kappa shape index (κ1) is 30.7. The van der Waals surface area contributed by atoms with Gasteiger partial charge in [0.1, 0.15) is 17.4 Å². The van der Waals surface area contributed by atoms with Crippen LogP contribution in [0.15, 0.2) is 60.7 Å². The Labute approximate surface area is 253 Å². The maximum atomic E-state index is 13.9. The van der Waals surface area contributed by atoms with Gasteiger partial charge in [-0.15, -0.1) is 11.3 Å². The predicted molar refractivity (Wildman–Crippen MR) is 162 cm³/mol. The molecule has 7 nitrogen and oxygen atoms in total. The molecule has 3 heterocycles. The van der Waals surface area contributed by atoms with E-state index in [2.05, 4.69) is 11.6 Å². The number of amides is 2. The minimum atomic E-state index is -4.28. The van der Waals surface area contributed by atoms with Crippen LogP contribution in [0.1, 0.15) is 35.4 Å². The maximum Gasteiger partial charge on any atom is 0.401 e. The summed E-state index contributed by atoms with van der Waals surface area (Å²) in [6, 6.07) is 13.4. The molecule has 0 unspecified atom stereocenters. The van der Waals surface area contributed by atoms with Gasteiger partial charge in [0.2, 0.25) is 0 Å². The second kappa shape index (κ2) is 13.3. The molecule has 2 aromatic carbocycles. The summed E-state index contributed by atoms with van der Waals surface area (Å²) in [6.07, 6.45) is 0.118.